The summed E-state index contributed by atoms with van der Waals surface area (Å²) in [4.78, 5) is 26.3. The zero-order chi connectivity index (χ0) is 26.0. The minimum absolute atomic E-state index is 0.0695. The fraction of sp³-hybridized carbons (Fsp3) is 0.429. The second-order valence-corrected chi connectivity index (χ2v) is 10.8. The lowest BCUT2D eigenvalue weighted by molar-refractivity contribution is -0.134. The van der Waals surface area contributed by atoms with Gasteiger partial charge in [0.1, 0.15) is 29.5 Å². The zero-order valence-electron chi connectivity index (χ0n) is 21.4. The fourth-order valence-corrected chi connectivity index (χ4v) is 5.26. The highest BCUT2D eigenvalue weighted by molar-refractivity contribution is 7.09. The molecule has 0 saturated heterocycles. The Labute approximate surface area is 215 Å². The van der Waals surface area contributed by atoms with E-state index in [1.54, 1.807) is 0 Å². The summed E-state index contributed by atoms with van der Waals surface area (Å²) in [5.41, 5.74) is 4.44. The minimum atomic E-state index is -0.501. The summed E-state index contributed by atoms with van der Waals surface area (Å²) in [7, 11) is 0. The molecule has 0 saturated carbocycles. The first kappa shape index (κ1) is 25.8. The van der Waals surface area contributed by atoms with Gasteiger partial charge in [-0.3, -0.25) is 14.6 Å². The van der Waals surface area contributed by atoms with Gasteiger partial charge in [0.2, 0.25) is 5.88 Å². The third-order valence-corrected chi connectivity index (χ3v) is 7.64. The molecule has 192 valence electrons. The molecule has 8 heteroatoms. The zero-order valence-corrected chi connectivity index (χ0v) is 22.3. The number of carbonyl (C=O) groups excluding carboxylic acids is 1. The van der Waals surface area contributed by atoms with Crippen molar-refractivity contribution >= 4 is 17.3 Å². The summed E-state index contributed by atoms with van der Waals surface area (Å²) in [6.07, 6.45) is 3.21. The standard InChI is InChI=1S/C28H33NO6S/c1-6-7-23(30)34-24-16(2)17(3)25-21(18(24)4)12-13-28(5,35-25)15-33-20-10-8-19(9-11-20)14-22-26(31)29-27(32)36-22/h8-11,31H,6-7,12-15H2,1-5H3,(H,29,32). The normalized spacial score (nSPS) is 16.8. The summed E-state index contributed by atoms with van der Waals surface area (Å²) in [5, 5.41) is 9.80. The van der Waals surface area contributed by atoms with Crippen LogP contribution < -0.4 is 19.1 Å². The molecule has 36 heavy (non-hydrogen) atoms. The number of benzene rings is 2. The van der Waals surface area contributed by atoms with Crippen LogP contribution in [-0.2, 0) is 17.6 Å². The molecule has 1 aliphatic heterocycles. The molecule has 0 fully saturated rings. The first-order chi connectivity index (χ1) is 17.1. The van der Waals surface area contributed by atoms with E-state index in [1.807, 2.05) is 52.0 Å². The van der Waals surface area contributed by atoms with Gasteiger partial charge in [0, 0.05) is 18.4 Å². The lowest BCUT2D eigenvalue weighted by atomic mass is 9.87. The maximum Gasteiger partial charge on any atom is 0.311 e. The molecule has 0 bridgehead atoms. The maximum atomic E-state index is 12.2. The van der Waals surface area contributed by atoms with Crippen LogP contribution in [0.1, 0.15) is 65.8 Å². The molecule has 4 rings (SSSR count). The number of rotatable bonds is 8. The number of H-pyrrole nitrogens is 1. The summed E-state index contributed by atoms with van der Waals surface area (Å²) in [6.45, 7) is 10.4. The number of aromatic amines is 1. The van der Waals surface area contributed by atoms with Crippen LogP contribution in [0.4, 0.5) is 0 Å². The number of nitrogens with one attached hydrogen (secondary N) is 1. The third-order valence-electron chi connectivity index (χ3n) is 6.77. The monoisotopic (exact) mass is 511 g/mol. The first-order valence-electron chi connectivity index (χ1n) is 12.2. The first-order valence-corrected chi connectivity index (χ1v) is 13.1. The van der Waals surface area contributed by atoms with E-state index in [1.165, 1.54) is 0 Å². The molecule has 1 aromatic heterocycles. The van der Waals surface area contributed by atoms with Crippen molar-refractivity contribution in [3.05, 3.63) is 66.6 Å². The molecule has 1 aliphatic rings. The van der Waals surface area contributed by atoms with Gasteiger partial charge in [-0.2, -0.15) is 0 Å². The lowest BCUT2D eigenvalue weighted by Crippen LogP contribution is -2.42. The Kier molecular flexibility index (Phi) is 7.45. The van der Waals surface area contributed by atoms with E-state index in [-0.39, 0.29) is 16.7 Å². The fourth-order valence-electron chi connectivity index (χ4n) is 4.50. The molecule has 2 heterocycles. The van der Waals surface area contributed by atoms with Crippen LogP contribution in [0.2, 0.25) is 0 Å². The van der Waals surface area contributed by atoms with E-state index in [9.17, 15) is 14.7 Å². The Hall–Kier alpha value is -3.26. The smallest absolute Gasteiger partial charge is 0.311 e. The van der Waals surface area contributed by atoms with Crippen molar-refractivity contribution in [1.82, 2.24) is 4.98 Å². The molecular weight excluding hydrogens is 478 g/mol. The summed E-state index contributed by atoms with van der Waals surface area (Å²) < 4.78 is 18.4. The third kappa shape index (κ3) is 5.43. The van der Waals surface area contributed by atoms with Gasteiger partial charge in [0.15, 0.2) is 0 Å². The molecule has 0 spiro atoms. The largest absolute Gasteiger partial charge is 0.494 e. The highest BCUT2D eigenvalue weighted by Gasteiger charge is 2.36. The molecule has 1 atom stereocenters. The SMILES string of the molecule is CCCC(=O)Oc1c(C)c(C)c2c(c1C)CCC(C)(COc1ccc(Cc3sc(=O)[nH]c3O)cc1)O2. The van der Waals surface area contributed by atoms with E-state index in [0.29, 0.717) is 30.1 Å². The second kappa shape index (κ2) is 10.4. The summed E-state index contributed by atoms with van der Waals surface area (Å²) >= 11 is 1.01. The molecule has 2 N–H and O–H groups in total. The van der Waals surface area contributed by atoms with Gasteiger partial charge in [-0.05, 0) is 81.3 Å². The van der Waals surface area contributed by atoms with Crippen molar-refractivity contribution in [2.24, 2.45) is 0 Å². The van der Waals surface area contributed by atoms with Crippen LogP contribution in [-0.4, -0.2) is 28.3 Å². The van der Waals surface area contributed by atoms with Gasteiger partial charge in [0.05, 0.1) is 4.88 Å². The molecule has 7 nitrogen and oxygen atoms in total. The lowest BCUT2D eigenvalue weighted by Gasteiger charge is -2.37. The predicted molar refractivity (Wildman–Crippen MR) is 140 cm³/mol. The average molecular weight is 512 g/mol. The molecule has 1 unspecified atom stereocenters. The van der Waals surface area contributed by atoms with Crippen LogP contribution in [0.3, 0.4) is 0 Å². The highest BCUT2D eigenvalue weighted by Crippen LogP contribution is 2.44. The van der Waals surface area contributed by atoms with Gasteiger partial charge in [0.25, 0.3) is 0 Å². The Bertz CT molecular complexity index is 1320. The van der Waals surface area contributed by atoms with Gasteiger partial charge < -0.3 is 19.3 Å². The number of hydrogen-bond acceptors (Lipinski definition) is 7. The van der Waals surface area contributed by atoms with Gasteiger partial charge in [-0.15, -0.1) is 0 Å². The number of fused-ring (bicyclic) bond motifs is 1. The Balaban J connectivity index is 1.44. The van der Waals surface area contributed by atoms with Gasteiger partial charge >= 0.3 is 10.8 Å². The molecule has 2 aromatic carbocycles. The van der Waals surface area contributed by atoms with Crippen molar-refractivity contribution in [2.75, 3.05) is 6.61 Å². The van der Waals surface area contributed by atoms with Crippen LogP contribution in [0.15, 0.2) is 29.1 Å². The number of aromatic hydroxyl groups is 1. The predicted octanol–water partition coefficient (Wildman–Crippen LogP) is 5.53. The number of carbonyl (C=O) groups is 1. The van der Waals surface area contributed by atoms with Crippen molar-refractivity contribution < 1.29 is 24.1 Å². The van der Waals surface area contributed by atoms with Crippen LogP contribution in [0.5, 0.6) is 23.1 Å². The van der Waals surface area contributed by atoms with E-state index in [0.717, 1.165) is 69.9 Å². The van der Waals surface area contributed by atoms with Crippen LogP contribution in [0, 0.1) is 20.8 Å². The van der Waals surface area contributed by atoms with E-state index >= 15 is 0 Å². The van der Waals surface area contributed by atoms with Crippen molar-refractivity contribution in [2.45, 2.75) is 72.3 Å². The average Bonchev–Trinajstić information content (AvgIpc) is 3.16. The molecule has 0 radical (unpaired) electrons. The highest BCUT2D eigenvalue weighted by atomic mass is 32.1. The molecule has 3 aromatic rings. The van der Waals surface area contributed by atoms with Crippen molar-refractivity contribution in [3.8, 4) is 23.1 Å². The summed E-state index contributed by atoms with van der Waals surface area (Å²) in [5.74, 6) is 1.97. The van der Waals surface area contributed by atoms with Crippen LogP contribution >= 0.6 is 11.3 Å². The van der Waals surface area contributed by atoms with Gasteiger partial charge in [-0.1, -0.05) is 30.4 Å². The topological polar surface area (TPSA) is 97.9 Å². The van der Waals surface area contributed by atoms with E-state index in [2.05, 4.69) is 11.9 Å². The van der Waals surface area contributed by atoms with E-state index in [4.69, 9.17) is 14.2 Å². The maximum absolute atomic E-state index is 12.2. The number of ether oxygens (including phenoxy) is 3. The number of esters is 1. The molecular formula is C28H33NO6S. The number of hydrogen-bond donors (Lipinski definition) is 2. The quantitative estimate of drug-likeness (QED) is 0.305. The number of aromatic nitrogens is 1. The minimum Gasteiger partial charge on any atom is -0.494 e. The van der Waals surface area contributed by atoms with Crippen LogP contribution in [0.25, 0.3) is 0 Å². The Morgan fingerprint density at radius 3 is 2.53 bits per heavy atom. The molecule has 0 aliphatic carbocycles. The Morgan fingerprint density at radius 1 is 1.17 bits per heavy atom. The second-order valence-electron chi connectivity index (χ2n) is 9.68. The van der Waals surface area contributed by atoms with Crippen molar-refractivity contribution in [1.29, 1.82) is 0 Å². The number of thiazole rings is 1. The van der Waals surface area contributed by atoms with E-state index < -0.39 is 5.60 Å². The molecule has 0 amide bonds. The van der Waals surface area contributed by atoms with Gasteiger partial charge in [-0.25, -0.2) is 0 Å². The summed E-state index contributed by atoms with van der Waals surface area (Å²) in [6, 6.07) is 7.63. The Morgan fingerprint density at radius 2 is 1.89 bits per heavy atom. The van der Waals surface area contributed by atoms with Crippen molar-refractivity contribution in [3.63, 3.8) is 0 Å².